The summed E-state index contributed by atoms with van der Waals surface area (Å²) in [5.41, 5.74) is 2.78. The quantitative estimate of drug-likeness (QED) is 0.842. The lowest BCUT2D eigenvalue weighted by atomic mass is 10.2. The van der Waals surface area contributed by atoms with E-state index in [4.69, 9.17) is 23.2 Å². The summed E-state index contributed by atoms with van der Waals surface area (Å²) in [6.45, 7) is 4.65. The third kappa shape index (κ3) is 3.77. The third-order valence-electron chi connectivity index (χ3n) is 4.09. The predicted molar refractivity (Wildman–Crippen MR) is 100 cm³/mol. The minimum Gasteiger partial charge on any atom is -0.366 e. The molecule has 0 aromatic heterocycles. The number of hydrogen-bond donors (Lipinski definition) is 1. The number of para-hydroxylation sites is 1. The van der Waals surface area contributed by atoms with Crippen LogP contribution in [0.4, 0.5) is 16.2 Å². The van der Waals surface area contributed by atoms with Crippen LogP contribution in [0.15, 0.2) is 42.5 Å². The normalized spacial score (nSPS) is 14.6. The molecule has 0 atom stereocenters. The van der Waals surface area contributed by atoms with Crippen molar-refractivity contribution in [1.82, 2.24) is 4.90 Å². The average Bonchev–Trinajstić information content (AvgIpc) is 2.55. The first-order valence-corrected chi connectivity index (χ1v) is 8.62. The zero-order chi connectivity index (χ0) is 17.1. The van der Waals surface area contributed by atoms with Gasteiger partial charge in [-0.05, 0) is 36.8 Å². The standard InChI is InChI=1S/C18H19Cl2N3O/c1-13-4-2-5-14(12-13)21-18(24)23-10-8-22(9-11-23)17-15(19)6-3-7-16(17)20/h2-7,12H,8-11H2,1H3,(H,21,24). The van der Waals surface area contributed by atoms with Crippen molar-refractivity contribution in [3.8, 4) is 0 Å². The van der Waals surface area contributed by atoms with Crippen LogP contribution in [0.25, 0.3) is 0 Å². The number of hydrogen-bond acceptors (Lipinski definition) is 2. The molecule has 1 fully saturated rings. The molecule has 4 nitrogen and oxygen atoms in total. The van der Waals surface area contributed by atoms with E-state index in [9.17, 15) is 4.79 Å². The highest BCUT2D eigenvalue weighted by atomic mass is 35.5. The molecule has 0 bridgehead atoms. The molecule has 0 spiro atoms. The highest BCUT2D eigenvalue weighted by molar-refractivity contribution is 6.39. The Labute approximate surface area is 152 Å². The predicted octanol–water partition coefficient (Wildman–Crippen LogP) is 4.66. The molecule has 24 heavy (non-hydrogen) atoms. The monoisotopic (exact) mass is 363 g/mol. The van der Waals surface area contributed by atoms with Gasteiger partial charge in [-0.25, -0.2) is 4.79 Å². The lowest BCUT2D eigenvalue weighted by molar-refractivity contribution is 0.208. The molecule has 3 rings (SSSR count). The van der Waals surface area contributed by atoms with Crippen molar-refractivity contribution in [2.45, 2.75) is 6.92 Å². The number of carbonyl (C=O) groups excluding carboxylic acids is 1. The molecule has 1 aliphatic rings. The van der Waals surface area contributed by atoms with E-state index in [1.807, 2.05) is 54.3 Å². The topological polar surface area (TPSA) is 35.6 Å². The number of rotatable bonds is 2. The van der Waals surface area contributed by atoms with Gasteiger partial charge in [0.25, 0.3) is 0 Å². The lowest BCUT2D eigenvalue weighted by Crippen LogP contribution is -2.50. The number of nitrogens with one attached hydrogen (secondary N) is 1. The van der Waals surface area contributed by atoms with Gasteiger partial charge in [0.15, 0.2) is 0 Å². The van der Waals surface area contributed by atoms with E-state index >= 15 is 0 Å². The van der Waals surface area contributed by atoms with E-state index in [0.717, 1.165) is 16.9 Å². The molecular weight excluding hydrogens is 345 g/mol. The molecule has 0 aliphatic carbocycles. The minimum atomic E-state index is -0.0782. The summed E-state index contributed by atoms with van der Waals surface area (Å²) in [5, 5.41) is 4.22. The average molecular weight is 364 g/mol. The second-order valence-corrected chi connectivity index (χ2v) is 6.66. The molecule has 1 heterocycles. The number of benzene rings is 2. The van der Waals surface area contributed by atoms with Crippen LogP contribution in [0.1, 0.15) is 5.56 Å². The fourth-order valence-corrected chi connectivity index (χ4v) is 3.49. The highest BCUT2D eigenvalue weighted by Gasteiger charge is 2.23. The van der Waals surface area contributed by atoms with Gasteiger partial charge in [-0.15, -0.1) is 0 Å². The van der Waals surface area contributed by atoms with Crippen molar-refractivity contribution in [2.24, 2.45) is 0 Å². The Morgan fingerprint density at radius 3 is 2.25 bits per heavy atom. The summed E-state index contributed by atoms with van der Waals surface area (Å²) in [6, 6.07) is 13.2. The maximum atomic E-state index is 12.4. The number of urea groups is 1. The summed E-state index contributed by atoms with van der Waals surface area (Å²) in [7, 11) is 0. The van der Waals surface area contributed by atoms with Crippen LogP contribution in [0.2, 0.25) is 10.0 Å². The number of carbonyl (C=O) groups is 1. The van der Waals surface area contributed by atoms with Gasteiger partial charge >= 0.3 is 6.03 Å². The van der Waals surface area contributed by atoms with Gasteiger partial charge in [0, 0.05) is 31.9 Å². The number of aryl methyl sites for hydroxylation is 1. The molecular formula is C18H19Cl2N3O. The Morgan fingerprint density at radius 2 is 1.62 bits per heavy atom. The van der Waals surface area contributed by atoms with Crippen LogP contribution in [0, 0.1) is 6.92 Å². The van der Waals surface area contributed by atoms with Crippen LogP contribution in [0.5, 0.6) is 0 Å². The Bertz CT molecular complexity index is 723. The van der Waals surface area contributed by atoms with Crippen molar-refractivity contribution < 1.29 is 4.79 Å². The van der Waals surface area contributed by atoms with Crippen LogP contribution in [-0.4, -0.2) is 37.1 Å². The Morgan fingerprint density at radius 1 is 1.00 bits per heavy atom. The Kier molecular flexibility index (Phi) is 5.17. The molecule has 0 unspecified atom stereocenters. The summed E-state index contributed by atoms with van der Waals surface area (Å²) in [4.78, 5) is 16.3. The van der Waals surface area contributed by atoms with Crippen LogP contribution in [-0.2, 0) is 0 Å². The van der Waals surface area contributed by atoms with Crippen molar-refractivity contribution in [1.29, 1.82) is 0 Å². The van der Waals surface area contributed by atoms with Crippen molar-refractivity contribution in [2.75, 3.05) is 36.4 Å². The van der Waals surface area contributed by atoms with Crippen LogP contribution in [0.3, 0.4) is 0 Å². The van der Waals surface area contributed by atoms with Crippen molar-refractivity contribution >= 4 is 40.6 Å². The fraction of sp³-hybridized carbons (Fsp3) is 0.278. The van der Waals surface area contributed by atoms with E-state index < -0.39 is 0 Å². The SMILES string of the molecule is Cc1cccc(NC(=O)N2CCN(c3c(Cl)cccc3Cl)CC2)c1. The number of nitrogens with zero attached hydrogens (tertiary/aromatic N) is 2. The van der Waals surface area contributed by atoms with Gasteiger partial charge in [-0.2, -0.15) is 0 Å². The van der Waals surface area contributed by atoms with Crippen LogP contribution >= 0.6 is 23.2 Å². The lowest BCUT2D eigenvalue weighted by Gasteiger charge is -2.36. The van der Waals surface area contributed by atoms with E-state index in [1.54, 1.807) is 0 Å². The first-order chi connectivity index (χ1) is 11.5. The molecule has 1 N–H and O–H groups in total. The second kappa shape index (κ2) is 7.32. The molecule has 0 radical (unpaired) electrons. The summed E-state index contributed by atoms with van der Waals surface area (Å²) in [5.74, 6) is 0. The van der Waals surface area contributed by atoms with Gasteiger partial charge in [-0.1, -0.05) is 41.4 Å². The molecule has 2 aromatic carbocycles. The van der Waals surface area contributed by atoms with Gasteiger partial charge in [0.1, 0.15) is 0 Å². The molecule has 126 valence electrons. The fourth-order valence-electron chi connectivity index (χ4n) is 2.85. The molecule has 1 aliphatic heterocycles. The summed E-state index contributed by atoms with van der Waals surface area (Å²) >= 11 is 12.5. The highest BCUT2D eigenvalue weighted by Crippen LogP contribution is 2.34. The van der Waals surface area contributed by atoms with Crippen molar-refractivity contribution in [3.05, 3.63) is 58.1 Å². The van der Waals surface area contributed by atoms with E-state index in [1.165, 1.54) is 0 Å². The third-order valence-corrected chi connectivity index (χ3v) is 4.70. The first-order valence-electron chi connectivity index (χ1n) is 7.86. The van der Waals surface area contributed by atoms with Gasteiger partial charge in [0.05, 0.1) is 15.7 Å². The largest absolute Gasteiger partial charge is 0.366 e. The van der Waals surface area contributed by atoms with Gasteiger partial charge in [0.2, 0.25) is 0 Å². The first kappa shape index (κ1) is 16.9. The number of halogens is 2. The maximum absolute atomic E-state index is 12.4. The Hall–Kier alpha value is -1.91. The maximum Gasteiger partial charge on any atom is 0.321 e. The zero-order valence-electron chi connectivity index (χ0n) is 13.4. The molecule has 1 saturated heterocycles. The van der Waals surface area contributed by atoms with E-state index in [0.29, 0.717) is 36.2 Å². The van der Waals surface area contributed by atoms with Crippen molar-refractivity contribution in [3.63, 3.8) is 0 Å². The van der Waals surface area contributed by atoms with E-state index in [2.05, 4.69) is 10.2 Å². The number of amides is 2. The smallest absolute Gasteiger partial charge is 0.321 e. The summed E-state index contributed by atoms with van der Waals surface area (Å²) in [6.07, 6.45) is 0. The van der Waals surface area contributed by atoms with Gasteiger partial charge in [-0.3, -0.25) is 0 Å². The zero-order valence-corrected chi connectivity index (χ0v) is 14.9. The second-order valence-electron chi connectivity index (χ2n) is 5.84. The van der Waals surface area contributed by atoms with Crippen LogP contribution < -0.4 is 10.2 Å². The number of anilines is 2. The number of piperazine rings is 1. The molecule has 6 heteroatoms. The molecule has 0 saturated carbocycles. The molecule has 2 aromatic rings. The van der Waals surface area contributed by atoms with Gasteiger partial charge < -0.3 is 15.1 Å². The molecule has 2 amide bonds. The minimum absolute atomic E-state index is 0.0782. The summed E-state index contributed by atoms with van der Waals surface area (Å²) < 4.78 is 0. The Balaban J connectivity index is 1.61. The van der Waals surface area contributed by atoms with E-state index in [-0.39, 0.29) is 6.03 Å².